The molecule has 1 aromatic rings. The van der Waals surface area contributed by atoms with Crippen molar-refractivity contribution < 1.29 is 4.84 Å². The lowest BCUT2D eigenvalue weighted by Crippen LogP contribution is -2.41. The predicted molar refractivity (Wildman–Crippen MR) is 75.4 cm³/mol. The van der Waals surface area contributed by atoms with Crippen LogP contribution in [0.3, 0.4) is 0 Å². The third kappa shape index (κ3) is 2.29. The fourth-order valence-electron chi connectivity index (χ4n) is 3.09. The molecule has 2 N–H and O–H groups in total. The molecule has 2 nitrogen and oxygen atoms in total. The lowest BCUT2D eigenvalue weighted by Gasteiger charge is -2.41. The average molecular weight is 268 g/mol. The predicted octanol–water partition coefficient (Wildman–Crippen LogP) is 4.20. The lowest BCUT2D eigenvalue weighted by molar-refractivity contribution is -0.113. The first kappa shape index (κ1) is 13.9. The Morgan fingerprint density at radius 3 is 2.78 bits per heavy atom. The Morgan fingerprint density at radius 1 is 1.44 bits per heavy atom. The van der Waals surface area contributed by atoms with Crippen LogP contribution in [-0.4, -0.2) is 0 Å². The van der Waals surface area contributed by atoms with Gasteiger partial charge < -0.3 is 0 Å². The number of halogens is 1. The maximum absolute atomic E-state index is 6.32. The second-order valence-corrected chi connectivity index (χ2v) is 5.72. The first-order chi connectivity index (χ1) is 8.64. The zero-order valence-electron chi connectivity index (χ0n) is 11.2. The van der Waals surface area contributed by atoms with Crippen LogP contribution in [0.1, 0.15) is 50.7 Å². The smallest absolute Gasteiger partial charge is 0.117 e. The highest BCUT2D eigenvalue weighted by Gasteiger charge is 2.41. The van der Waals surface area contributed by atoms with E-state index < -0.39 is 0 Å². The maximum Gasteiger partial charge on any atom is 0.117 e. The van der Waals surface area contributed by atoms with Crippen LogP contribution in [0.4, 0.5) is 0 Å². The maximum atomic E-state index is 6.32. The van der Waals surface area contributed by atoms with Gasteiger partial charge in [-0.2, -0.15) is 0 Å². The van der Waals surface area contributed by atoms with Crippen molar-refractivity contribution in [1.29, 1.82) is 0 Å². The van der Waals surface area contributed by atoms with Crippen LogP contribution in [0.2, 0.25) is 5.02 Å². The van der Waals surface area contributed by atoms with Gasteiger partial charge >= 0.3 is 0 Å². The molecular formula is C15H22ClNO. The van der Waals surface area contributed by atoms with Gasteiger partial charge in [0.05, 0.1) is 0 Å². The molecule has 100 valence electrons. The van der Waals surface area contributed by atoms with Crippen LogP contribution in [0.25, 0.3) is 0 Å². The van der Waals surface area contributed by atoms with Gasteiger partial charge in [-0.15, -0.1) is 0 Å². The van der Waals surface area contributed by atoms with E-state index in [1.54, 1.807) is 0 Å². The van der Waals surface area contributed by atoms with Gasteiger partial charge in [-0.3, -0.25) is 4.84 Å². The van der Waals surface area contributed by atoms with E-state index in [4.69, 9.17) is 22.3 Å². The van der Waals surface area contributed by atoms with Gasteiger partial charge in [-0.05, 0) is 42.4 Å². The summed E-state index contributed by atoms with van der Waals surface area (Å²) in [5.41, 5.74) is 1.95. The summed E-state index contributed by atoms with van der Waals surface area (Å²) in [6, 6.07) is 6.26. The SMILES string of the molecule is CCc1ccc([C@]2(ON)CCCC[C@H]2C)cc1Cl. The minimum absolute atomic E-state index is 0.353. The van der Waals surface area contributed by atoms with Gasteiger partial charge in [0, 0.05) is 5.02 Å². The van der Waals surface area contributed by atoms with E-state index in [-0.39, 0.29) is 5.60 Å². The van der Waals surface area contributed by atoms with Crippen molar-refractivity contribution in [3.63, 3.8) is 0 Å². The molecule has 18 heavy (non-hydrogen) atoms. The summed E-state index contributed by atoms with van der Waals surface area (Å²) in [5.74, 6) is 6.07. The number of aryl methyl sites for hydroxylation is 1. The van der Waals surface area contributed by atoms with E-state index in [1.807, 2.05) is 6.07 Å². The van der Waals surface area contributed by atoms with Gasteiger partial charge in [0.25, 0.3) is 0 Å². The van der Waals surface area contributed by atoms with E-state index in [0.717, 1.165) is 36.3 Å². The molecule has 0 bridgehead atoms. The molecule has 0 radical (unpaired) electrons. The minimum Gasteiger partial charge on any atom is -0.293 e. The van der Waals surface area contributed by atoms with E-state index in [0.29, 0.717) is 5.92 Å². The van der Waals surface area contributed by atoms with Crippen LogP contribution in [-0.2, 0) is 16.9 Å². The molecule has 1 aliphatic carbocycles. The molecule has 0 heterocycles. The van der Waals surface area contributed by atoms with Crippen LogP contribution < -0.4 is 5.90 Å². The van der Waals surface area contributed by atoms with Crippen molar-refractivity contribution in [1.82, 2.24) is 0 Å². The Morgan fingerprint density at radius 2 is 2.22 bits per heavy atom. The lowest BCUT2D eigenvalue weighted by atomic mass is 9.72. The number of hydrogen-bond acceptors (Lipinski definition) is 2. The topological polar surface area (TPSA) is 35.2 Å². The van der Waals surface area contributed by atoms with Crippen molar-refractivity contribution in [2.75, 3.05) is 0 Å². The Hall–Kier alpha value is -0.570. The highest BCUT2D eigenvalue weighted by molar-refractivity contribution is 6.31. The molecule has 1 fully saturated rings. The summed E-state index contributed by atoms with van der Waals surface area (Å²) in [7, 11) is 0. The highest BCUT2D eigenvalue weighted by Crippen LogP contribution is 2.44. The minimum atomic E-state index is -0.353. The van der Waals surface area contributed by atoms with E-state index in [9.17, 15) is 0 Å². The molecule has 0 saturated heterocycles. The van der Waals surface area contributed by atoms with E-state index in [2.05, 4.69) is 26.0 Å². The van der Waals surface area contributed by atoms with E-state index in [1.165, 1.54) is 12.0 Å². The quantitative estimate of drug-likeness (QED) is 0.833. The number of hydrogen-bond donors (Lipinski definition) is 1. The van der Waals surface area contributed by atoms with Gasteiger partial charge in [-0.25, -0.2) is 5.90 Å². The van der Waals surface area contributed by atoms with Gasteiger partial charge in [-0.1, -0.05) is 50.4 Å². The zero-order valence-corrected chi connectivity index (χ0v) is 12.0. The molecule has 0 unspecified atom stereocenters. The van der Waals surface area contributed by atoms with Crippen LogP contribution in [0.15, 0.2) is 18.2 Å². The van der Waals surface area contributed by atoms with Gasteiger partial charge in [0.1, 0.15) is 5.60 Å². The molecule has 0 aliphatic heterocycles. The van der Waals surface area contributed by atoms with Gasteiger partial charge in [0.15, 0.2) is 0 Å². The van der Waals surface area contributed by atoms with Crippen molar-refractivity contribution in [2.24, 2.45) is 11.8 Å². The normalized spacial score (nSPS) is 28.3. The molecule has 1 aliphatic rings. The molecule has 2 atom stereocenters. The largest absolute Gasteiger partial charge is 0.293 e. The van der Waals surface area contributed by atoms with Crippen molar-refractivity contribution in [2.45, 2.75) is 51.6 Å². The molecular weight excluding hydrogens is 246 g/mol. The Bertz CT molecular complexity index is 421. The molecule has 1 saturated carbocycles. The summed E-state index contributed by atoms with van der Waals surface area (Å²) in [5, 5.41) is 0.823. The van der Waals surface area contributed by atoms with Crippen molar-refractivity contribution >= 4 is 11.6 Å². The molecule has 0 amide bonds. The molecule has 1 aromatic carbocycles. The van der Waals surface area contributed by atoms with Crippen LogP contribution in [0.5, 0.6) is 0 Å². The summed E-state index contributed by atoms with van der Waals surface area (Å²) in [6.45, 7) is 4.33. The summed E-state index contributed by atoms with van der Waals surface area (Å²) >= 11 is 6.32. The molecule has 3 heteroatoms. The first-order valence-corrected chi connectivity index (χ1v) is 7.18. The fourth-order valence-corrected chi connectivity index (χ4v) is 3.40. The molecule has 2 rings (SSSR count). The third-order valence-electron chi connectivity index (χ3n) is 4.36. The van der Waals surface area contributed by atoms with E-state index >= 15 is 0 Å². The van der Waals surface area contributed by atoms with Crippen molar-refractivity contribution in [3.05, 3.63) is 34.3 Å². The highest BCUT2D eigenvalue weighted by atomic mass is 35.5. The van der Waals surface area contributed by atoms with Gasteiger partial charge in [0.2, 0.25) is 0 Å². The zero-order chi connectivity index (χ0) is 13.2. The number of rotatable bonds is 3. The third-order valence-corrected chi connectivity index (χ3v) is 4.72. The standard InChI is InChI=1S/C15H22ClNO/c1-3-12-7-8-13(10-14(12)16)15(18-17)9-5-4-6-11(15)2/h7-8,10-11H,3-6,9,17H2,1-2H3/t11-,15+/m1/s1. The summed E-state index contributed by atoms with van der Waals surface area (Å²) in [4.78, 5) is 5.45. The Balaban J connectivity index is 2.40. The van der Waals surface area contributed by atoms with Crippen LogP contribution >= 0.6 is 11.6 Å². The van der Waals surface area contributed by atoms with Crippen molar-refractivity contribution in [3.8, 4) is 0 Å². The first-order valence-electron chi connectivity index (χ1n) is 6.81. The fraction of sp³-hybridized carbons (Fsp3) is 0.600. The second kappa shape index (κ2) is 5.60. The second-order valence-electron chi connectivity index (χ2n) is 5.31. The molecule has 0 aromatic heterocycles. The molecule has 0 spiro atoms. The Kier molecular flexibility index (Phi) is 4.31. The van der Waals surface area contributed by atoms with Crippen LogP contribution in [0, 0.1) is 5.92 Å². The monoisotopic (exact) mass is 267 g/mol. The Labute approximate surface area is 114 Å². The number of nitrogens with two attached hydrogens (primary N) is 1. The summed E-state index contributed by atoms with van der Waals surface area (Å²) < 4.78 is 0. The average Bonchev–Trinajstić information content (AvgIpc) is 2.39. The summed E-state index contributed by atoms with van der Waals surface area (Å²) in [6.07, 6.45) is 5.50. The number of benzene rings is 1.